The van der Waals surface area contributed by atoms with Crippen LogP contribution in [0, 0.1) is 0 Å². The molecule has 0 unspecified atom stereocenters. The molecule has 0 saturated carbocycles. The first-order valence-corrected chi connectivity index (χ1v) is 5.20. The molecule has 0 fully saturated rings. The first kappa shape index (κ1) is 11.9. The summed E-state index contributed by atoms with van der Waals surface area (Å²) in [5, 5.41) is 9.10. The predicted octanol–water partition coefficient (Wildman–Crippen LogP) is -1.15. The minimum absolute atomic E-state index is 0.197. The van der Waals surface area contributed by atoms with Crippen LogP contribution in [0.5, 0.6) is 0 Å². The van der Waals surface area contributed by atoms with Crippen LogP contribution in [0.2, 0.25) is 0 Å². The SMILES string of the molecule is NNc1cncc(C(=O)NCCc2ncn[nH]2)n1. The smallest absolute Gasteiger partial charge is 0.271 e. The van der Waals surface area contributed by atoms with Gasteiger partial charge in [0.1, 0.15) is 17.8 Å². The first-order chi connectivity index (χ1) is 8.79. The molecule has 2 rings (SSSR count). The molecule has 5 N–H and O–H groups in total. The van der Waals surface area contributed by atoms with E-state index in [2.05, 4.69) is 35.9 Å². The van der Waals surface area contributed by atoms with Gasteiger partial charge in [-0.15, -0.1) is 0 Å². The van der Waals surface area contributed by atoms with Crippen LogP contribution in [0.25, 0.3) is 0 Å². The Bertz CT molecular complexity index is 511. The molecule has 2 heterocycles. The molecule has 0 aliphatic heterocycles. The van der Waals surface area contributed by atoms with Crippen molar-refractivity contribution in [3.63, 3.8) is 0 Å². The molecule has 0 bridgehead atoms. The van der Waals surface area contributed by atoms with E-state index in [0.717, 1.165) is 0 Å². The van der Waals surface area contributed by atoms with Gasteiger partial charge >= 0.3 is 0 Å². The summed E-state index contributed by atoms with van der Waals surface area (Å²) in [6.07, 6.45) is 4.77. The zero-order chi connectivity index (χ0) is 12.8. The van der Waals surface area contributed by atoms with E-state index in [9.17, 15) is 4.79 Å². The highest BCUT2D eigenvalue weighted by atomic mass is 16.1. The largest absolute Gasteiger partial charge is 0.350 e. The molecule has 94 valence electrons. The number of rotatable bonds is 5. The molecule has 0 spiro atoms. The van der Waals surface area contributed by atoms with E-state index in [1.807, 2.05) is 0 Å². The summed E-state index contributed by atoms with van der Waals surface area (Å²) in [6.45, 7) is 0.427. The van der Waals surface area contributed by atoms with Crippen molar-refractivity contribution in [3.05, 3.63) is 30.2 Å². The highest BCUT2D eigenvalue weighted by molar-refractivity contribution is 5.92. The molecule has 0 aliphatic rings. The van der Waals surface area contributed by atoms with E-state index in [-0.39, 0.29) is 11.6 Å². The third-order valence-electron chi connectivity index (χ3n) is 2.13. The van der Waals surface area contributed by atoms with Crippen LogP contribution < -0.4 is 16.6 Å². The zero-order valence-corrected chi connectivity index (χ0v) is 9.42. The van der Waals surface area contributed by atoms with E-state index in [0.29, 0.717) is 24.6 Å². The minimum atomic E-state index is -0.320. The Morgan fingerprint density at radius 1 is 1.44 bits per heavy atom. The second kappa shape index (κ2) is 5.68. The van der Waals surface area contributed by atoms with Crippen molar-refractivity contribution < 1.29 is 4.79 Å². The summed E-state index contributed by atoms with van der Waals surface area (Å²) >= 11 is 0. The molecular formula is C9H12N8O. The highest BCUT2D eigenvalue weighted by Crippen LogP contribution is 1.99. The van der Waals surface area contributed by atoms with Crippen LogP contribution in [0.4, 0.5) is 5.82 Å². The Morgan fingerprint density at radius 2 is 2.33 bits per heavy atom. The predicted molar refractivity (Wildman–Crippen MR) is 62.3 cm³/mol. The van der Waals surface area contributed by atoms with Gasteiger partial charge in [-0.1, -0.05) is 0 Å². The summed E-state index contributed by atoms with van der Waals surface area (Å²) in [5.41, 5.74) is 2.52. The number of hydrazine groups is 1. The average molecular weight is 248 g/mol. The lowest BCUT2D eigenvalue weighted by atomic mass is 10.3. The topological polar surface area (TPSA) is 134 Å². The Balaban J connectivity index is 1.87. The van der Waals surface area contributed by atoms with Crippen molar-refractivity contribution in [2.24, 2.45) is 5.84 Å². The van der Waals surface area contributed by atoms with Crippen molar-refractivity contribution in [2.75, 3.05) is 12.0 Å². The van der Waals surface area contributed by atoms with Crippen molar-refractivity contribution in [2.45, 2.75) is 6.42 Å². The summed E-state index contributed by atoms with van der Waals surface area (Å²) in [4.78, 5) is 23.5. The highest BCUT2D eigenvalue weighted by Gasteiger charge is 2.08. The van der Waals surface area contributed by atoms with E-state index < -0.39 is 0 Å². The minimum Gasteiger partial charge on any atom is -0.350 e. The number of carbonyl (C=O) groups excluding carboxylic acids is 1. The number of aromatic amines is 1. The summed E-state index contributed by atoms with van der Waals surface area (Å²) in [6, 6.07) is 0. The lowest BCUT2D eigenvalue weighted by Crippen LogP contribution is -2.27. The van der Waals surface area contributed by atoms with Crippen LogP contribution in [0.15, 0.2) is 18.7 Å². The van der Waals surface area contributed by atoms with Gasteiger partial charge in [-0.25, -0.2) is 15.8 Å². The number of nitrogens with one attached hydrogen (secondary N) is 3. The molecule has 2 aromatic rings. The molecule has 18 heavy (non-hydrogen) atoms. The fourth-order valence-electron chi connectivity index (χ4n) is 1.28. The van der Waals surface area contributed by atoms with Gasteiger partial charge < -0.3 is 10.7 Å². The number of nitrogens with zero attached hydrogens (tertiary/aromatic N) is 4. The molecule has 0 aromatic carbocycles. The Labute approximate surface area is 102 Å². The van der Waals surface area contributed by atoms with E-state index >= 15 is 0 Å². The van der Waals surface area contributed by atoms with Gasteiger partial charge in [0.2, 0.25) is 0 Å². The molecule has 9 heteroatoms. The van der Waals surface area contributed by atoms with Gasteiger partial charge in [0.05, 0.1) is 12.4 Å². The second-order valence-electron chi connectivity index (χ2n) is 3.37. The van der Waals surface area contributed by atoms with E-state index in [1.54, 1.807) is 0 Å². The number of H-pyrrole nitrogens is 1. The number of nitrogens with two attached hydrogens (primary N) is 1. The molecule has 2 aromatic heterocycles. The van der Waals surface area contributed by atoms with Gasteiger partial charge in [-0.3, -0.25) is 14.9 Å². The van der Waals surface area contributed by atoms with E-state index in [4.69, 9.17) is 5.84 Å². The molecule has 0 aliphatic carbocycles. The maximum Gasteiger partial charge on any atom is 0.271 e. The monoisotopic (exact) mass is 248 g/mol. The van der Waals surface area contributed by atoms with E-state index in [1.165, 1.54) is 18.7 Å². The van der Waals surface area contributed by atoms with Crippen molar-refractivity contribution >= 4 is 11.7 Å². The standard InChI is InChI=1S/C9H12N8O/c10-16-8-4-11-3-6(15-8)9(18)12-2-1-7-13-5-14-17-7/h3-5H,1-2,10H2,(H,12,18)(H,15,16)(H,13,14,17). The maximum atomic E-state index is 11.7. The quantitative estimate of drug-likeness (QED) is 0.387. The van der Waals surface area contributed by atoms with Gasteiger partial charge in [0.15, 0.2) is 5.82 Å². The van der Waals surface area contributed by atoms with Crippen molar-refractivity contribution in [1.82, 2.24) is 30.5 Å². The molecule has 0 saturated heterocycles. The molecule has 1 amide bonds. The van der Waals surface area contributed by atoms with Crippen molar-refractivity contribution in [1.29, 1.82) is 0 Å². The number of aromatic nitrogens is 5. The maximum absolute atomic E-state index is 11.7. The Morgan fingerprint density at radius 3 is 3.06 bits per heavy atom. The fourth-order valence-corrected chi connectivity index (χ4v) is 1.28. The number of nitrogen functional groups attached to an aromatic ring is 1. The Kier molecular flexibility index (Phi) is 3.76. The first-order valence-electron chi connectivity index (χ1n) is 5.20. The number of carbonyl (C=O) groups is 1. The third kappa shape index (κ3) is 2.98. The zero-order valence-electron chi connectivity index (χ0n) is 9.42. The molecule has 0 atom stereocenters. The number of anilines is 1. The number of hydrogen-bond acceptors (Lipinski definition) is 7. The lowest BCUT2D eigenvalue weighted by molar-refractivity contribution is 0.0948. The summed E-state index contributed by atoms with van der Waals surface area (Å²) in [5.74, 6) is 5.90. The Hall–Kier alpha value is -2.55. The second-order valence-corrected chi connectivity index (χ2v) is 3.37. The van der Waals surface area contributed by atoms with Gasteiger partial charge in [-0.2, -0.15) is 5.10 Å². The summed E-state index contributed by atoms with van der Waals surface area (Å²) in [7, 11) is 0. The van der Waals surface area contributed by atoms with Crippen LogP contribution >= 0.6 is 0 Å². The number of amides is 1. The fraction of sp³-hybridized carbons (Fsp3) is 0.222. The van der Waals surface area contributed by atoms with Crippen LogP contribution in [-0.2, 0) is 6.42 Å². The third-order valence-corrected chi connectivity index (χ3v) is 2.13. The molecule has 0 radical (unpaired) electrons. The van der Waals surface area contributed by atoms with Gasteiger partial charge in [0.25, 0.3) is 5.91 Å². The lowest BCUT2D eigenvalue weighted by Gasteiger charge is -2.04. The summed E-state index contributed by atoms with van der Waals surface area (Å²) < 4.78 is 0. The normalized spacial score (nSPS) is 10.1. The van der Waals surface area contributed by atoms with Crippen LogP contribution in [0.3, 0.4) is 0 Å². The van der Waals surface area contributed by atoms with Crippen molar-refractivity contribution in [3.8, 4) is 0 Å². The van der Waals surface area contributed by atoms with Crippen LogP contribution in [0.1, 0.15) is 16.3 Å². The van der Waals surface area contributed by atoms with Gasteiger partial charge in [0, 0.05) is 13.0 Å². The molecular weight excluding hydrogens is 236 g/mol. The molecule has 9 nitrogen and oxygen atoms in total. The van der Waals surface area contributed by atoms with Crippen LogP contribution in [-0.4, -0.2) is 37.6 Å². The number of hydrogen-bond donors (Lipinski definition) is 4. The van der Waals surface area contributed by atoms with Gasteiger partial charge in [-0.05, 0) is 0 Å². The average Bonchev–Trinajstić information content (AvgIpc) is 2.92.